The van der Waals surface area contributed by atoms with Gasteiger partial charge in [-0.3, -0.25) is 57.5 Å². The topological polar surface area (TPSA) is 317 Å². The van der Waals surface area contributed by atoms with Crippen molar-refractivity contribution < 1.29 is 67.4 Å². The summed E-state index contributed by atoms with van der Waals surface area (Å²) in [6.45, 7) is 24.7. The minimum absolute atomic E-state index is 0.0452. The van der Waals surface area contributed by atoms with E-state index in [9.17, 15) is 33.9 Å². The normalized spacial score (nSPS) is 24.9. The first-order valence-electron chi connectivity index (χ1n) is 35.5. The van der Waals surface area contributed by atoms with Crippen molar-refractivity contribution in [2.75, 3.05) is 68.5 Å². The number of nitrogens with zero attached hydrogens (tertiary/aromatic N) is 7. The van der Waals surface area contributed by atoms with Crippen LogP contribution in [-0.2, 0) is 75.1 Å². The molecule has 0 saturated carbocycles. The Morgan fingerprint density at radius 1 is 0.500 bits per heavy atom. The third-order valence-corrected chi connectivity index (χ3v) is 18.4. The highest BCUT2D eigenvalue weighted by Gasteiger charge is 2.43. The van der Waals surface area contributed by atoms with Gasteiger partial charge < -0.3 is 70.7 Å². The van der Waals surface area contributed by atoms with Crippen LogP contribution >= 0.6 is 0 Å². The molecule has 26 heteroatoms. The van der Waals surface area contributed by atoms with Gasteiger partial charge in [-0.2, -0.15) is 0 Å². The smallest absolute Gasteiger partial charge is 0.247 e. The number of benzene rings is 2. The molecule has 2 fully saturated rings. The van der Waals surface area contributed by atoms with Crippen LogP contribution in [0.4, 0.5) is 0 Å². The van der Waals surface area contributed by atoms with Crippen LogP contribution in [0.25, 0.3) is 0 Å². The molecule has 0 aromatic heterocycles. The van der Waals surface area contributed by atoms with E-state index in [1.54, 1.807) is 82.0 Å². The lowest BCUT2D eigenvalue weighted by molar-refractivity contribution is -0.151. The number of hydrogen-bond acceptors (Lipinski definition) is 14. The Morgan fingerprint density at radius 2 is 0.970 bits per heavy atom. The van der Waals surface area contributed by atoms with E-state index < -0.39 is 156 Å². The van der Waals surface area contributed by atoms with Crippen LogP contribution in [0.1, 0.15) is 159 Å². The molecule has 6 N–H and O–H groups in total. The van der Waals surface area contributed by atoms with Gasteiger partial charge in [0.1, 0.15) is 66.2 Å². The number of likely N-dealkylation sites (N-methyl/N-ethyl adjacent to an activating group) is 6. The molecule has 2 aromatic carbocycles. The molecule has 2 aliphatic rings. The van der Waals surface area contributed by atoms with Gasteiger partial charge in [0.05, 0.1) is 25.2 Å². The lowest BCUT2D eigenvalue weighted by Gasteiger charge is -2.37. The summed E-state index contributed by atoms with van der Waals surface area (Å²) in [5.74, 6) is -10.00. The standard InChI is InChI=1S/C74H118N12O14/c1-44(2)35-53-69(95)83(18)58(37-46(5)6)66(92)77-54(39-51-29-31-52(87)32-30-51)68(94)80(15)42-62(89)82(17)57(36-45(3)4)65(91)78-56(43-100-74(12,13)14)70(96)85(20)60(38-47(7)8)72(98)81(16)49(11)64(90)75-55(71(97)86-33-25-22-26-34-86)41-61(88)79-63(48(9)10)73(99)84(19)59(67(93)76-53)40-50-27-23-21-24-28-50/h21,23-24,27-32,44-49,53-60,63,87H,22,25-26,33-43H2,1-20H3,(H,75,90)(H,76,93)(H,77,92)(H,78,91)(H,79,88)/t49-,53-,54-,55-,56-,57-,58-,59-,60-,63+/m0/s1. The van der Waals surface area contributed by atoms with E-state index >= 15 is 28.8 Å². The van der Waals surface area contributed by atoms with Crippen molar-refractivity contribution in [3.05, 3.63) is 65.7 Å². The monoisotopic (exact) mass is 1400 g/mol. The van der Waals surface area contributed by atoms with E-state index in [-0.39, 0.29) is 74.6 Å². The minimum atomic E-state index is -1.48. The average molecular weight is 1400 g/mol. The van der Waals surface area contributed by atoms with Crippen molar-refractivity contribution in [3.63, 3.8) is 0 Å². The van der Waals surface area contributed by atoms with Crippen LogP contribution in [0.3, 0.4) is 0 Å². The molecule has 100 heavy (non-hydrogen) atoms. The third-order valence-electron chi connectivity index (χ3n) is 18.4. The van der Waals surface area contributed by atoms with E-state index in [4.69, 9.17) is 4.74 Å². The van der Waals surface area contributed by atoms with Crippen molar-refractivity contribution in [3.8, 4) is 5.75 Å². The number of likely N-dealkylation sites (tertiary alicyclic amines) is 1. The number of carbonyl (C=O) groups excluding carboxylic acids is 12. The number of nitrogens with one attached hydrogen (secondary N) is 5. The second-order valence-corrected chi connectivity index (χ2v) is 30.4. The first kappa shape index (κ1) is 84.3. The zero-order valence-corrected chi connectivity index (χ0v) is 63.1. The lowest BCUT2D eigenvalue weighted by Crippen LogP contribution is -2.61. The largest absolute Gasteiger partial charge is 0.508 e. The predicted octanol–water partition coefficient (Wildman–Crippen LogP) is 4.29. The van der Waals surface area contributed by atoms with Crippen LogP contribution in [0.15, 0.2) is 54.6 Å². The summed E-state index contributed by atoms with van der Waals surface area (Å²) in [6, 6.07) is 1.68. The molecule has 26 nitrogen and oxygen atoms in total. The number of ether oxygens (including phenoxy) is 1. The molecule has 12 amide bonds. The van der Waals surface area contributed by atoms with Crippen LogP contribution in [0.5, 0.6) is 5.75 Å². The number of phenolic OH excluding ortho intramolecular Hbond substituents is 1. The first-order valence-corrected chi connectivity index (χ1v) is 35.5. The molecular weight excluding hydrogens is 1280 g/mol. The summed E-state index contributed by atoms with van der Waals surface area (Å²) in [4.78, 5) is 188. The molecule has 0 radical (unpaired) electrons. The van der Waals surface area contributed by atoms with Gasteiger partial charge in [0, 0.05) is 68.2 Å². The quantitative estimate of drug-likeness (QED) is 0.137. The second-order valence-electron chi connectivity index (χ2n) is 30.4. The summed E-state index contributed by atoms with van der Waals surface area (Å²) < 4.78 is 6.16. The van der Waals surface area contributed by atoms with Gasteiger partial charge in [-0.1, -0.05) is 112 Å². The Balaban J connectivity index is 1.97. The molecule has 2 saturated heterocycles. The zero-order chi connectivity index (χ0) is 75.4. The van der Waals surface area contributed by atoms with E-state index in [0.29, 0.717) is 37.1 Å². The van der Waals surface area contributed by atoms with Gasteiger partial charge in [0.2, 0.25) is 70.9 Å². The Labute approximate surface area is 593 Å². The van der Waals surface area contributed by atoms with E-state index in [2.05, 4.69) is 26.6 Å². The summed E-state index contributed by atoms with van der Waals surface area (Å²) in [5, 5.41) is 24.5. The van der Waals surface area contributed by atoms with Gasteiger partial charge in [-0.05, 0) is 125 Å². The molecule has 2 aliphatic heterocycles. The van der Waals surface area contributed by atoms with Crippen molar-refractivity contribution >= 4 is 70.9 Å². The molecule has 0 bridgehead atoms. The van der Waals surface area contributed by atoms with Gasteiger partial charge in [0.25, 0.3) is 0 Å². The van der Waals surface area contributed by atoms with Crippen molar-refractivity contribution in [1.82, 2.24) is 60.9 Å². The van der Waals surface area contributed by atoms with Gasteiger partial charge in [-0.25, -0.2) is 0 Å². The molecule has 10 atom stereocenters. The Kier molecular flexibility index (Phi) is 32.5. The highest BCUT2D eigenvalue weighted by molar-refractivity contribution is 6.00. The molecule has 2 heterocycles. The molecule has 558 valence electrons. The second kappa shape index (κ2) is 38.6. The number of rotatable bonds is 16. The van der Waals surface area contributed by atoms with Gasteiger partial charge in [-0.15, -0.1) is 0 Å². The van der Waals surface area contributed by atoms with Crippen LogP contribution in [0, 0.1) is 29.6 Å². The van der Waals surface area contributed by atoms with E-state index in [0.717, 1.165) is 16.2 Å². The van der Waals surface area contributed by atoms with Crippen LogP contribution < -0.4 is 26.6 Å². The zero-order valence-electron chi connectivity index (χ0n) is 63.1. The Hall–Kier alpha value is -8.16. The molecule has 0 spiro atoms. The van der Waals surface area contributed by atoms with Crippen molar-refractivity contribution in [2.45, 2.75) is 227 Å². The number of amides is 12. The maximum Gasteiger partial charge on any atom is 0.247 e. The molecule has 2 aromatic rings. The predicted molar refractivity (Wildman–Crippen MR) is 381 cm³/mol. The summed E-state index contributed by atoms with van der Waals surface area (Å²) in [6.07, 6.45) is 1.74. The molecular formula is C74H118N12O14. The molecule has 4 rings (SSSR count). The van der Waals surface area contributed by atoms with Crippen molar-refractivity contribution in [2.24, 2.45) is 29.6 Å². The summed E-state index contributed by atoms with van der Waals surface area (Å²) >= 11 is 0. The van der Waals surface area contributed by atoms with E-state index in [1.165, 1.54) is 80.9 Å². The lowest BCUT2D eigenvalue weighted by atomic mass is 9.96. The summed E-state index contributed by atoms with van der Waals surface area (Å²) in [7, 11) is 8.42. The van der Waals surface area contributed by atoms with Crippen LogP contribution in [-0.4, -0.2) is 245 Å². The highest BCUT2D eigenvalue weighted by atomic mass is 16.5. The number of hydrogen-bond donors (Lipinski definition) is 6. The average Bonchev–Trinajstić information content (AvgIpc) is 0.827. The fourth-order valence-corrected chi connectivity index (χ4v) is 12.3. The minimum Gasteiger partial charge on any atom is -0.508 e. The Morgan fingerprint density at radius 3 is 1.50 bits per heavy atom. The fourth-order valence-electron chi connectivity index (χ4n) is 12.3. The third kappa shape index (κ3) is 25.2. The maximum atomic E-state index is 15.2. The van der Waals surface area contributed by atoms with Gasteiger partial charge >= 0.3 is 0 Å². The molecule has 0 unspecified atom stereocenters. The summed E-state index contributed by atoms with van der Waals surface area (Å²) in [5.41, 5.74) is 0.334. The van der Waals surface area contributed by atoms with Crippen molar-refractivity contribution in [1.29, 1.82) is 0 Å². The number of aromatic hydroxyl groups is 1. The van der Waals surface area contributed by atoms with Gasteiger partial charge in [0.15, 0.2) is 0 Å². The van der Waals surface area contributed by atoms with Crippen LogP contribution in [0.2, 0.25) is 0 Å². The first-order chi connectivity index (χ1) is 46.6. The highest BCUT2D eigenvalue weighted by Crippen LogP contribution is 2.23. The SMILES string of the molecule is CC(C)C[C@@H]1NC(=O)[C@H](Cc2ccccc2)N(C)C(=O)[C@@H](C(C)C)NC(=O)C[C@@H](C(=O)N2CCCCC2)NC(=O)[C@H](C)N(C)C(=O)[C@H](CC(C)C)N(C)C(=O)[C@H](COC(C)(C)C)NC(=O)[C@H](CC(C)C)N(C)C(=O)CN(C)C(=O)[C@H](Cc2ccc(O)cc2)NC(=O)[C@H](CC(C)C)N(C)C1=O. The van der Waals surface area contributed by atoms with E-state index in [1.807, 2.05) is 55.4 Å². The number of piperidine rings is 1. The fraction of sp³-hybridized carbons (Fsp3) is 0.676. The number of carbonyl (C=O) groups is 12. The maximum absolute atomic E-state index is 15.2. The number of phenols is 1. The molecule has 0 aliphatic carbocycles. The Bertz CT molecular complexity index is 3110.